The van der Waals surface area contributed by atoms with Gasteiger partial charge in [-0.25, -0.2) is 0 Å². The molecule has 0 bridgehead atoms. The van der Waals surface area contributed by atoms with Crippen LogP contribution in [0.25, 0.3) is 17.2 Å². The van der Waals surface area contributed by atoms with E-state index in [0.29, 0.717) is 6.54 Å². The highest BCUT2D eigenvalue weighted by molar-refractivity contribution is 7.99. The molecule has 5 heteroatoms. The lowest BCUT2D eigenvalue weighted by molar-refractivity contribution is -0.112. The molecule has 0 fully saturated rings. The Labute approximate surface area is 200 Å². The predicted molar refractivity (Wildman–Crippen MR) is 138 cm³/mol. The van der Waals surface area contributed by atoms with Crippen LogP contribution in [0, 0.1) is 6.92 Å². The zero-order valence-electron chi connectivity index (χ0n) is 19.2. The standard InChI is InChI=1S/C28H30N2O2S/c1-20-3-7-22(8-4-20)23-9-12-27-25(17-23)18-24(13-16-33-27)28(32)29-26-10-5-21(6-11-26)19-30(2)14-15-31/h3-12,17-18,31H,13-16,19H2,1-2H3,(H,29,32). The number of thioether (sulfide) groups is 1. The second-order valence-corrected chi connectivity index (χ2v) is 9.64. The predicted octanol–water partition coefficient (Wildman–Crippen LogP) is 5.60. The summed E-state index contributed by atoms with van der Waals surface area (Å²) in [6.07, 6.45) is 2.77. The number of fused-ring (bicyclic) bond motifs is 1. The van der Waals surface area contributed by atoms with Gasteiger partial charge in [0.2, 0.25) is 0 Å². The molecule has 0 aromatic heterocycles. The number of likely N-dealkylation sites (N-methyl/N-ethyl adjacent to an activating group) is 1. The number of rotatable bonds is 7. The topological polar surface area (TPSA) is 52.6 Å². The van der Waals surface area contributed by atoms with Gasteiger partial charge in [-0.3, -0.25) is 9.69 Å². The SMILES string of the molecule is Cc1ccc(-c2ccc3c(c2)C=C(C(=O)Nc2ccc(CN(C)CCO)cc2)CCS3)cc1. The molecule has 1 aliphatic heterocycles. The average molecular weight is 459 g/mol. The van der Waals surface area contributed by atoms with E-state index in [1.54, 1.807) is 11.8 Å². The summed E-state index contributed by atoms with van der Waals surface area (Å²) in [5.41, 5.74) is 7.42. The Balaban J connectivity index is 1.49. The highest BCUT2D eigenvalue weighted by atomic mass is 32.2. The van der Waals surface area contributed by atoms with E-state index in [-0.39, 0.29) is 12.5 Å². The first-order chi connectivity index (χ1) is 16.0. The molecule has 1 heterocycles. The Morgan fingerprint density at radius 1 is 1.03 bits per heavy atom. The van der Waals surface area contributed by atoms with Crippen molar-refractivity contribution < 1.29 is 9.90 Å². The summed E-state index contributed by atoms with van der Waals surface area (Å²) in [6.45, 7) is 3.64. The van der Waals surface area contributed by atoms with Crippen molar-refractivity contribution in [1.29, 1.82) is 0 Å². The number of amides is 1. The molecule has 0 atom stereocenters. The van der Waals surface area contributed by atoms with Crippen molar-refractivity contribution in [2.24, 2.45) is 0 Å². The highest BCUT2D eigenvalue weighted by Gasteiger charge is 2.16. The Morgan fingerprint density at radius 2 is 1.76 bits per heavy atom. The van der Waals surface area contributed by atoms with Gasteiger partial charge < -0.3 is 10.4 Å². The molecule has 0 saturated carbocycles. The Hall–Kier alpha value is -2.86. The van der Waals surface area contributed by atoms with Crippen LogP contribution in [0.1, 0.15) is 23.1 Å². The van der Waals surface area contributed by atoms with Crippen LogP contribution in [-0.4, -0.2) is 41.9 Å². The lowest BCUT2D eigenvalue weighted by atomic mass is 10.0. The highest BCUT2D eigenvalue weighted by Crippen LogP contribution is 2.34. The number of nitrogens with one attached hydrogen (secondary N) is 1. The molecular formula is C28H30N2O2S. The van der Waals surface area contributed by atoms with Gasteiger partial charge in [0.25, 0.3) is 5.91 Å². The Bertz CT molecular complexity index is 1140. The number of aliphatic hydroxyl groups is 1. The molecule has 0 spiro atoms. The summed E-state index contributed by atoms with van der Waals surface area (Å²) in [5, 5.41) is 12.1. The fourth-order valence-corrected chi connectivity index (χ4v) is 4.89. The van der Waals surface area contributed by atoms with E-state index in [0.717, 1.165) is 46.7 Å². The minimum atomic E-state index is -0.0469. The Morgan fingerprint density at radius 3 is 2.48 bits per heavy atom. The van der Waals surface area contributed by atoms with Gasteiger partial charge in [-0.1, -0.05) is 48.0 Å². The summed E-state index contributed by atoms with van der Waals surface area (Å²) in [5.74, 6) is 0.834. The van der Waals surface area contributed by atoms with Gasteiger partial charge in [-0.05, 0) is 73.0 Å². The monoisotopic (exact) mass is 458 g/mol. The lowest BCUT2D eigenvalue weighted by Crippen LogP contribution is -2.21. The molecule has 0 unspecified atom stereocenters. The number of hydrogen-bond donors (Lipinski definition) is 2. The van der Waals surface area contributed by atoms with Gasteiger partial charge in [0.1, 0.15) is 0 Å². The minimum Gasteiger partial charge on any atom is -0.395 e. The molecule has 0 radical (unpaired) electrons. The van der Waals surface area contributed by atoms with Crippen molar-refractivity contribution in [3.05, 3.63) is 89.0 Å². The molecule has 3 aromatic rings. The number of nitrogens with zero attached hydrogens (tertiary/aromatic N) is 1. The van der Waals surface area contributed by atoms with Crippen LogP contribution in [0.15, 0.2) is 77.2 Å². The van der Waals surface area contributed by atoms with Crippen molar-refractivity contribution in [3.8, 4) is 11.1 Å². The van der Waals surface area contributed by atoms with Crippen molar-refractivity contribution in [1.82, 2.24) is 4.90 Å². The number of anilines is 1. The third kappa shape index (κ3) is 6.14. The molecule has 1 amide bonds. The molecular weight excluding hydrogens is 428 g/mol. The van der Waals surface area contributed by atoms with Crippen LogP contribution < -0.4 is 5.32 Å². The Kier molecular flexibility index (Phi) is 7.65. The normalized spacial score (nSPS) is 13.3. The molecule has 4 nitrogen and oxygen atoms in total. The molecule has 3 aromatic carbocycles. The first-order valence-electron chi connectivity index (χ1n) is 11.3. The smallest absolute Gasteiger partial charge is 0.251 e. The number of hydrogen-bond acceptors (Lipinski definition) is 4. The van der Waals surface area contributed by atoms with Gasteiger partial charge in [-0.15, -0.1) is 11.8 Å². The molecule has 4 rings (SSSR count). The van der Waals surface area contributed by atoms with Gasteiger partial charge in [-0.2, -0.15) is 0 Å². The maximum absolute atomic E-state index is 13.0. The molecule has 2 N–H and O–H groups in total. The summed E-state index contributed by atoms with van der Waals surface area (Å²) in [7, 11) is 1.98. The number of carbonyl (C=O) groups is 1. The minimum absolute atomic E-state index is 0.0469. The zero-order valence-corrected chi connectivity index (χ0v) is 20.0. The van der Waals surface area contributed by atoms with Crippen molar-refractivity contribution in [2.75, 3.05) is 31.3 Å². The first-order valence-corrected chi connectivity index (χ1v) is 12.2. The second-order valence-electron chi connectivity index (χ2n) is 8.50. The summed E-state index contributed by atoms with van der Waals surface area (Å²) >= 11 is 1.80. The zero-order chi connectivity index (χ0) is 23.2. The van der Waals surface area contributed by atoms with Crippen LogP contribution in [0.5, 0.6) is 0 Å². The molecule has 33 heavy (non-hydrogen) atoms. The van der Waals surface area contributed by atoms with Crippen molar-refractivity contribution in [2.45, 2.75) is 24.8 Å². The number of benzene rings is 3. The number of aliphatic hydroxyl groups excluding tert-OH is 1. The molecule has 0 aliphatic carbocycles. The van der Waals surface area contributed by atoms with Gasteiger partial charge >= 0.3 is 0 Å². The van der Waals surface area contributed by atoms with Crippen LogP contribution >= 0.6 is 11.8 Å². The lowest BCUT2D eigenvalue weighted by Gasteiger charge is -2.15. The van der Waals surface area contributed by atoms with E-state index in [1.165, 1.54) is 16.0 Å². The van der Waals surface area contributed by atoms with Gasteiger partial charge in [0, 0.05) is 35.0 Å². The quantitative estimate of drug-likeness (QED) is 0.484. The average Bonchev–Trinajstić information content (AvgIpc) is 3.03. The van der Waals surface area contributed by atoms with Gasteiger partial charge in [0.05, 0.1) is 6.61 Å². The third-order valence-corrected chi connectivity index (χ3v) is 6.88. The van der Waals surface area contributed by atoms with Crippen molar-refractivity contribution >= 4 is 29.4 Å². The van der Waals surface area contributed by atoms with E-state index < -0.39 is 0 Å². The fraction of sp³-hybridized carbons (Fsp3) is 0.250. The number of aryl methyl sites for hydroxylation is 1. The third-order valence-electron chi connectivity index (χ3n) is 5.79. The van der Waals surface area contributed by atoms with Gasteiger partial charge in [0.15, 0.2) is 0 Å². The van der Waals surface area contributed by atoms with Crippen molar-refractivity contribution in [3.63, 3.8) is 0 Å². The van der Waals surface area contributed by atoms with E-state index in [9.17, 15) is 4.79 Å². The molecule has 1 aliphatic rings. The van der Waals surface area contributed by atoms with Crippen LogP contribution in [0.4, 0.5) is 5.69 Å². The maximum Gasteiger partial charge on any atom is 0.251 e. The molecule has 0 saturated heterocycles. The van der Waals surface area contributed by atoms with E-state index in [2.05, 4.69) is 59.6 Å². The largest absolute Gasteiger partial charge is 0.395 e. The first kappa shape index (κ1) is 23.3. The van der Waals surface area contributed by atoms with Crippen LogP contribution in [0.3, 0.4) is 0 Å². The van der Waals surface area contributed by atoms with E-state index >= 15 is 0 Å². The van der Waals surface area contributed by atoms with E-state index in [1.807, 2.05) is 37.4 Å². The molecule has 170 valence electrons. The van der Waals surface area contributed by atoms with E-state index in [4.69, 9.17) is 5.11 Å². The summed E-state index contributed by atoms with van der Waals surface area (Å²) in [4.78, 5) is 16.3. The maximum atomic E-state index is 13.0. The summed E-state index contributed by atoms with van der Waals surface area (Å²) in [6, 6.07) is 23.0. The number of carbonyl (C=O) groups excluding carboxylic acids is 1. The fourth-order valence-electron chi connectivity index (χ4n) is 3.89. The van der Waals surface area contributed by atoms with Crippen LogP contribution in [0.2, 0.25) is 0 Å². The summed E-state index contributed by atoms with van der Waals surface area (Å²) < 4.78 is 0. The van der Waals surface area contributed by atoms with Crippen LogP contribution in [-0.2, 0) is 11.3 Å². The second kappa shape index (κ2) is 10.8.